The second kappa shape index (κ2) is 13.8. The van der Waals surface area contributed by atoms with Crippen LogP contribution in [-0.2, 0) is 14.4 Å². The Balaban J connectivity index is 0.850. The summed E-state index contributed by atoms with van der Waals surface area (Å²) in [4.78, 5) is 48.4. The third-order valence-corrected chi connectivity index (χ3v) is 11.4. The molecule has 3 aromatic heterocycles. The van der Waals surface area contributed by atoms with Gasteiger partial charge in [-0.05, 0) is 73.9 Å². The first-order valence-corrected chi connectivity index (χ1v) is 18.5. The molecule has 1 saturated carbocycles. The monoisotopic (exact) mass is 730 g/mol. The summed E-state index contributed by atoms with van der Waals surface area (Å²) in [5.74, 6) is 0.128. The van der Waals surface area contributed by atoms with E-state index in [0.717, 1.165) is 42.7 Å². The predicted octanol–water partition coefficient (Wildman–Crippen LogP) is 4.71. The Labute approximate surface area is 310 Å². The van der Waals surface area contributed by atoms with Crippen LogP contribution in [0.25, 0.3) is 28.1 Å². The fourth-order valence-corrected chi connectivity index (χ4v) is 8.63. The lowest BCUT2D eigenvalue weighted by Crippen LogP contribution is -2.54. The number of carbonyl (C=O) groups excluding carboxylic acids is 3. The number of carbonyl (C=O) groups is 3. The molecule has 2 N–H and O–H groups in total. The molecular formula is C40H39FN8O5. The standard InChI is InChI=1S/C40H39FN8O5/c41-29-20-26(22-42-39(29)49-15-14-30-34(49)21-31(45-44-30)28-4-1-2-7-35(28)50)47-17-16-46(23-37(47)52)25-10-8-24(9-11-25)27-5-3-6-32-38(27)54-19-18-48(32)33-12-13-36(51)43-40(33)53/h1-7,14-15,20-22,24-25,33,50H,8-13,16-19,23H2,(H,43,51,53). The maximum Gasteiger partial charge on any atom is 0.249 e. The number of aromatic hydroxyl groups is 1. The Kier molecular flexibility index (Phi) is 8.68. The van der Waals surface area contributed by atoms with Crippen LogP contribution in [0.5, 0.6) is 11.5 Å². The van der Waals surface area contributed by atoms with Gasteiger partial charge in [-0.2, -0.15) is 0 Å². The van der Waals surface area contributed by atoms with Crippen molar-refractivity contribution in [3.05, 3.63) is 84.4 Å². The van der Waals surface area contributed by atoms with Gasteiger partial charge in [0.2, 0.25) is 17.7 Å². The second-order valence-corrected chi connectivity index (χ2v) is 14.4. The smallest absolute Gasteiger partial charge is 0.249 e. The van der Waals surface area contributed by atoms with Gasteiger partial charge in [0.1, 0.15) is 29.7 Å². The zero-order valence-electron chi connectivity index (χ0n) is 29.5. The van der Waals surface area contributed by atoms with Crippen LogP contribution in [-0.4, -0.2) is 92.3 Å². The van der Waals surface area contributed by atoms with Crippen molar-refractivity contribution < 1.29 is 28.6 Å². The number of halogens is 1. The molecule has 1 atom stereocenters. The van der Waals surface area contributed by atoms with Crippen LogP contribution >= 0.6 is 0 Å². The number of anilines is 2. The van der Waals surface area contributed by atoms with Gasteiger partial charge in [-0.1, -0.05) is 24.3 Å². The molecule has 3 fully saturated rings. The van der Waals surface area contributed by atoms with E-state index < -0.39 is 11.9 Å². The number of amides is 3. The average Bonchev–Trinajstić information content (AvgIpc) is 3.61. The van der Waals surface area contributed by atoms with Crippen molar-refractivity contribution in [2.75, 3.05) is 42.6 Å². The van der Waals surface area contributed by atoms with Crippen molar-refractivity contribution in [2.24, 2.45) is 0 Å². The first-order chi connectivity index (χ1) is 26.3. The fraction of sp³-hybridized carbons (Fsp3) is 0.350. The van der Waals surface area contributed by atoms with Crippen molar-refractivity contribution in [2.45, 2.75) is 56.5 Å². The van der Waals surface area contributed by atoms with E-state index in [-0.39, 0.29) is 41.9 Å². The number of piperazine rings is 1. The number of imide groups is 1. The van der Waals surface area contributed by atoms with E-state index in [9.17, 15) is 19.5 Å². The Morgan fingerprint density at radius 3 is 2.56 bits per heavy atom. The van der Waals surface area contributed by atoms with Gasteiger partial charge in [0, 0.05) is 43.4 Å². The second-order valence-electron chi connectivity index (χ2n) is 14.4. The Morgan fingerprint density at radius 1 is 0.907 bits per heavy atom. The van der Waals surface area contributed by atoms with E-state index in [1.165, 1.54) is 12.3 Å². The van der Waals surface area contributed by atoms with Crippen molar-refractivity contribution in [1.82, 2.24) is 30.0 Å². The Bertz CT molecular complexity index is 2290. The molecule has 2 aromatic carbocycles. The summed E-state index contributed by atoms with van der Waals surface area (Å²) in [6.45, 7) is 2.42. The van der Waals surface area contributed by atoms with Crippen molar-refractivity contribution in [3.8, 4) is 28.6 Å². The van der Waals surface area contributed by atoms with Crippen LogP contribution < -0.4 is 19.9 Å². The number of para-hydroxylation sites is 2. The van der Waals surface area contributed by atoms with Crippen LogP contribution in [0.15, 0.2) is 73.1 Å². The molecule has 0 bridgehead atoms. The molecule has 13 nitrogen and oxygen atoms in total. The van der Waals surface area contributed by atoms with E-state index in [1.54, 1.807) is 52.1 Å². The summed E-state index contributed by atoms with van der Waals surface area (Å²) in [6.07, 6.45) is 7.79. The molecule has 1 aliphatic carbocycles. The minimum absolute atomic E-state index is 0.0671. The number of ether oxygens (including phenoxy) is 1. The summed E-state index contributed by atoms with van der Waals surface area (Å²) in [7, 11) is 0. The molecule has 9 rings (SSSR count). The Hall–Kier alpha value is -5.89. The number of phenols is 1. The number of rotatable bonds is 6. The van der Waals surface area contributed by atoms with Gasteiger partial charge >= 0.3 is 0 Å². The number of benzene rings is 2. The van der Waals surface area contributed by atoms with E-state index in [4.69, 9.17) is 4.74 Å². The molecule has 3 aliphatic heterocycles. The minimum Gasteiger partial charge on any atom is -0.507 e. The molecule has 14 heteroatoms. The molecule has 54 heavy (non-hydrogen) atoms. The highest BCUT2D eigenvalue weighted by Crippen LogP contribution is 2.45. The van der Waals surface area contributed by atoms with Crippen molar-refractivity contribution in [1.29, 1.82) is 0 Å². The zero-order valence-corrected chi connectivity index (χ0v) is 29.5. The van der Waals surface area contributed by atoms with Gasteiger partial charge in [-0.3, -0.25) is 29.2 Å². The number of hydrogen-bond donors (Lipinski definition) is 2. The van der Waals surface area contributed by atoms with Crippen molar-refractivity contribution >= 4 is 40.1 Å². The normalized spacial score (nSPS) is 22.2. The summed E-state index contributed by atoms with van der Waals surface area (Å²) in [5.41, 5.74) is 4.56. The lowest BCUT2D eigenvalue weighted by atomic mass is 9.80. The zero-order chi connectivity index (χ0) is 36.9. The van der Waals surface area contributed by atoms with Gasteiger partial charge in [-0.25, -0.2) is 9.37 Å². The highest BCUT2D eigenvalue weighted by molar-refractivity contribution is 6.02. The van der Waals surface area contributed by atoms with Gasteiger partial charge in [-0.15, -0.1) is 10.2 Å². The topological polar surface area (TPSA) is 146 Å². The first kappa shape index (κ1) is 33.9. The van der Waals surface area contributed by atoms with Crippen LogP contribution in [0.2, 0.25) is 0 Å². The van der Waals surface area contributed by atoms with Crippen LogP contribution in [0.1, 0.15) is 50.0 Å². The van der Waals surface area contributed by atoms with E-state index in [0.29, 0.717) is 73.0 Å². The van der Waals surface area contributed by atoms with Gasteiger partial charge in [0.25, 0.3) is 0 Å². The van der Waals surface area contributed by atoms with E-state index >= 15 is 4.39 Å². The molecule has 1 unspecified atom stereocenters. The summed E-state index contributed by atoms with van der Waals surface area (Å²) in [5, 5.41) is 21.3. The number of aromatic nitrogens is 4. The Morgan fingerprint density at radius 2 is 1.76 bits per heavy atom. The SMILES string of the molecule is O=C1CCC(N2CCOc3c(C4CCC(N5CCN(c6cnc(-n7ccc8nnc(-c9ccccc9O)cc87)c(F)c6)C(=O)C5)CC4)cccc32)C(=O)N1. The van der Waals surface area contributed by atoms with Crippen LogP contribution in [0.4, 0.5) is 15.8 Å². The number of nitrogens with one attached hydrogen (secondary N) is 1. The molecule has 0 radical (unpaired) electrons. The number of phenolic OH excluding ortho intramolecular Hbond substituents is 1. The van der Waals surface area contributed by atoms with Gasteiger partial charge in [0.15, 0.2) is 11.6 Å². The maximum absolute atomic E-state index is 15.8. The molecule has 5 aromatic rings. The van der Waals surface area contributed by atoms with Gasteiger partial charge in [0.05, 0.1) is 41.9 Å². The first-order valence-electron chi connectivity index (χ1n) is 18.5. The third kappa shape index (κ3) is 6.09. The molecule has 4 aliphatic rings. The molecule has 0 spiro atoms. The predicted molar refractivity (Wildman–Crippen MR) is 198 cm³/mol. The largest absolute Gasteiger partial charge is 0.507 e. The highest BCUT2D eigenvalue weighted by atomic mass is 19.1. The summed E-state index contributed by atoms with van der Waals surface area (Å²) >= 11 is 0. The third-order valence-electron chi connectivity index (χ3n) is 11.4. The quantitative estimate of drug-likeness (QED) is 0.236. The number of fused-ring (bicyclic) bond motifs is 2. The number of hydrogen-bond acceptors (Lipinski definition) is 10. The molecule has 2 saturated heterocycles. The summed E-state index contributed by atoms with van der Waals surface area (Å²) in [6, 6.07) is 17.7. The van der Waals surface area contributed by atoms with Crippen LogP contribution in [0, 0.1) is 5.82 Å². The maximum atomic E-state index is 15.8. The average molecular weight is 731 g/mol. The van der Waals surface area contributed by atoms with Crippen molar-refractivity contribution in [3.63, 3.8) is 0 Å². The number of nitrogens with zero attached hydrogens (tertiary/aromatic N) is 7. The van der Waals surface area contributed by atoms with Crippen LogP contribution in [0.3, 0.4) is 0 Å². The van der Waals surface area contributed by atoms with Gasteiger partial charge < -0.3 is 19.6 Å². The molecule has 276 valence electrons. The molecular weight excluding hydrogens is 691 g/mol. The number of piperidine rings is 1. The number of pyridine rings is 1. The lowest BCUT2D eigenvalue weighted by Gasteiger charge is -2.42. The lowest BCUT2D eigenvalue weighted by molar-refractivity contribution is -0.134. The summed E-state index contributed by atoms with van der Waals surface area (Å²) < 4.78 is 23.6. The molecule has 6 heterocycles. The minimum atomic E-state index is -0.577. The van der Waals surface area contributed by atoms with E-state index in [1.807, 2.05) is 12.1 Å². The molecule has 3 amide bonds. The highest BCUT2D eigenvalue weighted by Gasteiger charge is 2.37. The van der Waals surface area contributed by atoms with E-state index in [2.05, 4.69) is 36.4 Å². The fourth-order valence-electron chi connectivity index (χ4n) is 8.63.